The molecule has 0 aliphatic carbocycles. The Morgan fingerprint density at radius 3 is 2.56 bits per heavy atom. The first kappa shape index (κ1) is 46.8. The monoisotopic (exact) mass is 978 g/mol. The fourth-order valence-electron chi connectivity index (χ4n) is 11.7. The van der Waals surface area contributed by atoms with Gasteiger partial charge in [0.05, 0.1) is 27.6 Å². The van der Waals surface area contributed by atoms with Gasteiger partial charge >= 0.3 is 12.1 Å². The number of terminal acetylenes is 1. The van der Waals surface area contributed by atoms with E-state index >= 15 is 8.78 Å². The Morgan fingerprint density at radius 1 is 0.958 bits per heavy atom. The van der Waals surface area contributed by atoms with Crippen LogP contribution >= 0.6 is 0 Å². The third-order valence-corrected chi connectivity index (χ3v) is 15.1. The van der Waals surface area contributed by atoms with Gasteiger partial charge in [0.25, 0.3) is 11.8 Å². The lowest BCUT2D eigenvalue weighted by Crippen LogP contribution is -2.54. The third kappa shape index (κ3) is 8.41. The number of anilines is 2. The van der Waals surface area contributed by atoms with Gasteiger partial charge in [0.1, 0.15) is 42.1 Å². The first-order valence-electron chi connectivity index (χ1n) is 24.5. The van der Waals surface area contributed by atoms with Gasteiger partial charge in [-0.1, -0.05) is 48.4 Å². The van der Waals surface area contributed by atoms with Gasteiger partial charge in [0, 0.05) is 80.1 Å². The van der Waals surface area contributed by atoms with E-state index in [4.69, 9.17) is 25.9 Å². The highest BCUT2D eigenvalue weighted by atomic mass is 19.1. The molecule has 0 saturated carbocycles. The number of pyridine rings is 1. The van der Waals surface area contributed by atoms with Gasteiger partial charge in [-0.05, 0) is 75.0 Å². The van der Waals surface area contributed by atoms with Crippen molar-refractivity contribution in [3.05, 3.63) is 95.2 Å². The van der Waals surface area contributed by atoms with Crippen molar-refractivity contribution in [2.45, 2.75) is 87.5 Å². The molecule has 19 heteroatoms. The number of alkyl carbamates (subject to hydrolysis) is 1. The molecule has 6 aliphatic rings. The van der Waals surface area contributed by atoms with Crippen LogP contribution in [0.2, 0.25) is 0 Å². The number of fused-ring (bicyclic) bond motifs is 6. The van der Waals surface area contributed by atoms with E-state index in [1.807, 2.05) is 0 Å². The zero-order valence-electron chi connectivity index (χ0n) is 39.4. The molecule has 6 aliphatic heterocycles. The second kappa shape index (κ2) is 18.9. The average Bonchev–Trinajstić information content (AvgIpc) is 4.08. The van der Waals surface area contributed by atoms with Gasteiger partial charge < -0.3 is 30.3 Å². The maximum Gasteiger partial charge on any atom is 0.407 e. The summed E-state index contributed by atoms with van der Waals surface area (Å²) >= 11 is 0. The van der Waals surface area contributed by atoms with Crippen LogP contribution in [0.3, 0.4) is 0 Å². The largest absolute Gasteiger partial charge is 0.461 e. The fraction of sp³-hybridized carbons (Fsp3) is 0.396. The predicted octanol–water partition coefficient (Wildman–Crippen LogP) is 5.61. The molecule has 72 heavy (non-hydrogen) atoms. The maximum absolute atomic E-state index is 17.2. The summed E-state index contributed by atoms with van der Waals surface area (Å²) in [6.07, 6.45) is 12.3. The standard InChI is InChI=1S/C53H52F2N10O7/c1-3-34-38(54)15-12-30-8-6-9-35(42(30)34)45-44(55)46-37(23-58-45)47(63-25-31-13-14-32(26-63)59-31)62-51(61-46)72-28-53-19-18-33(64(53)24-29(2)22-53)27-71-52(70)57-21-5-4-20-56-39-11-7-10-36-43(39)50(69)65(49(36)68)40-16-17-41(66)60-48(40)67/h1,6-12,15,23,31-33,40,56,59H,2,4-5,13-14,16-22,24-28H2,(H,57,70)(H,60,66,67)/t31?,32?,33-,40?,53-/m0/s1. The lowest BCUT2D eigenvalue weighted by molar-refractivity contribution is -0.136. The van der Waals surface area contributed by atoms with Crippen LogP contribution in [0.25, 0.3) is 32.9 Å². The second-order valence-corrected chi connectivity index (χ2v) is 19.6. The molecule has 5 saturated heterocycles. The molecule has 5 atom stereocenters. The molecule has 0 radical (unpaired) electrons. The van der Waals surface area contributed by atoms with Gasteiger partial charge in [-0.2, -0.15) is 9.97 Å². The van der Waals surface area contributed by atoms with Crippen molar-refractivity contribution in [1.29, 1.82) is 0 Å². The first-order valence-corrected chi connectivity index (χ1v) is 24.5. The lowest BCUT2D eigenvalue weighted by atomic mass is 9.94. The van der Waals surface area contributed by atoms with Crippen molar-refractivity contribution in [1.82, 2.24) is 40.7 Å². The Morgan fingerprint density at radius 2 is 1.75 bits per heavy atom. The summed E-state index contributed by atoms with van der Waals surface area (Å²) in [5, 5.41) is 13.4. The number of halogens is 2. The van der Waals surface area contributed by atoms with Gasteiger partial charge in [-0.15, -0.1) is 6.42 Å². The number of carbonyl (C=O) groups excluding carboxylic acids is 5. The number of carbonyl (C=O) groups is 5. The molecule has 5 fully saturated rings. The SMILES string of the molecule is C#Cc1c(F)ccc2cccc(-c3ncc4c(N5CC6CCC(C5)N6)nc(OC[C@@]56CC[C@@H](COC(=O)NCCCCNc7cccc8c7C(=O)N(C7CCC(=O)NC7=O)C8=O)N5CC(=C)C6)nc4c3F)c12. The Balaban J connectivity index is 0.726. The van der Waals surface area contributed by atoms with Gasteiger partial charge in [0.15, 0.2) is 5.82 Å². The zero-order chi connectivity index (χ0) is 49.8. The molecule has 11 rings (SSSR count). The third-order valence-electron chi connectivity index (χ3n) is 15.1. The molecular formula is C53H52F2N10O7. The Bertz CT molecular complexity index is 3150. The van der Waals surface area contributed by atoms with Gasteiger partial charge in [-0.3, -0.25) is 39.3 Å². The normalized spacial score (nSPS) is 23.7. The minimum Gasteiger partial charge on any atom is -0.461 e. The predicted molar refractivity (Wildman–Crippen MR) is 262 cm³/mol. The highest BCUT2D eigenvalue weighted by Crippen LogP contribution is 2.45. The quantitative estimate of drug-likeness (QED) is 0.0464. The minimum absolute atomic E-state index is 0.0153. The fourth-order valence-corrected chi connectivity index (χ4v) is 11.7. The van der Waals surface area contributed by atoms with Crippen LogP contribution in [0.5, 0.6) is 6.01 Å². The molecule has 4 N–H and O–H groups in total. The molecule has 370 valence electrons. The van der Waals surface area contributed by atoms with Crippen molar-refractivity contribution < 1.29 is 42.2 Å². The van der Waals surface area contributed by atoms with Crippen molar-refractivity contribution in [2.24, 2.45) is 0 Å². The number of amides is 5. The van der Waals surface area contributed by atoms with Crippen molar-refractivity contribution >= 4 is 62.9 Å². The number of imide groups is 2. The first-order chi connectivity index (χ1) is 34.9. The molecule has 3 unspecified atom stereocenters. The zero-order valence-corrected chi connectivity index (χ0v) is 39.4. The van der Waals surface area contributed by atoms with Crippen molar-refractivity contribution in [3.63, 3.8) is 0 Å². The van der Waals surface area contributed by atoms with Crippen LogP contribution in [-0.2, 0) is 14.3 Å². The van der Waals surface area contributed by atoms with Crippen LogP contribution in [0, 0.1) is 24.0 Å². The molecule has 17 nitrogen and oxygen atoms in total. The number of aromatic nitrogens is 3. The summed E-state index contributed by atoms with van der Waals surface area (Å²) in [5.41, 5.74) is 1.75. The highest BCUT2D eigenvalue weighted by Gasteiger charge is 2.52. The van der Waals surface area contributed by atoms with Crippen LogP contribution in [-0.4, -0.2) is 130 Å². The summed E-state index contributed by atoms with van der Waals surface area (Å²) in [4.78, 5) is 83.4. The second-order valence-electron chi connectivity index (χ2n) is 19.6. The summed E-state index contributed by atoms with van der Waals surface area (Å²) in [5.74, 6) is -0.584. The smallest absolute Gasteiger partial charge is 0.407 e. The van der Waals surface area contributed by atoms with Crippen LogP contribution in [0.15, 0.2) is 66.9 Å². The van der Waals surface area contributed by atoms with E-state index in [2.05, 4.69) is 48.6 Å². The van der Waals surface area contributed by atoms with Crippen LogP contribution in [0.4, 0.5) is 25.1 Å². The Hall–Kier alpha value is -7.56. The average molecular weight is 979 g/mol. The number of benzene rings is 3. The summed E-state index contributed by atoms with van der Waals surface area (Å²) < 4.78 is 44.5. The molecule has 0 spiro atoms. The number of unbranched alkanes of at least 4 members (excludes halogenated alkanes) is 1. The number of hydrogen-bond acceptors (Lipinski definition) is 14. The number of hydrogen-bond donors (Lipinski definition) is 4. The molecule has 5 aromatic rings. The van der Waals surface area contributed by atoms with E-state index in [0.29, 0.717) is 85.2 Å². The summed E-state index contributed by atoms with van der Waals surface area (Å²) in [6, 6.07) is 12.4. The Kier molecular flexibility index (Phi) is 12.3. The van der Waals surface area contributed by atoms with E-state index in [1.165, 1.54) is 6.07 Å². The number of piperazine rings is 1. The minimum atomic E-state index is -1.05. The maximum atomic E-state index is 17.2. The van der Waals surface area contributed by atoms with E-state index in [0.717, 1.165) is 36.2 Å². The van der Waals surface area contributed by atoms with Gasteiger partial charge in [0.2, 0.25) is 11.8 Å². The number of nitrogens with zero attached hydrogens (tertiary/aromatic N) is 6. The Labute approximate surface area is 413 Å². The molecule has 8 heterocycles. The van der Waals surface area contributed by atoms with E-state index in [-0.39, 0.29) is 78.1 Å². The lowest BCUT2D eigenvalue weighted by Gasteiger charge is -2.35. The summed E-state index contributed by atoms with van der Waals surface area (Å²) in [7, 11) is 0. The highest BCUT2D eigenvalue weighted by molar-refractivity contribution is 6.25. The van der Waals surface area contributed by atoms with Crippen molar-refractivity contribution in [2.75, 3.05) is 56.2 Å². The van der Waals surface area contributed by atoms with E-state index in [9.17, 15) is 24.0 Å². The molecule has 2 aromatic heterocycles. The summed E-state index contributed by atoms with van der Waals surface area (Å²) in [6.45, 7) is 7.35. The number of piperidine rings is 1. The molecular weight excluding hydrogens is 927 g/mol. The van der Waals surface area contributed by atoms with E-state index < -0.39 is 52.9 Å². The number of ether oxygens (including phenoxy) is 2. The topological polar surface area (TPSA) is 200 Å². The molecule has 2 bridgehead atoms. The van der Waals surface area contributed by atoms with Gasteiger partial charge in [-0.25, -0.2) is 13.6 Å². The molecule has 3 aromatic carbocycles. The van der Waals surface area contributed by atoms with Crippen LogP contribution < -0.4 is 30.9 Å². The number of nitrogens with one attached hydrogen (secondary N) is 4. The van der Waals surface area contributed by atoms with Crippen molar-refractivity contribution in [3.8, 4) is 29.6 Å². The number of rotatable bonds is 14. The van der Waals surface area contributed by atoms with E-state index in [1.54, 1.807) is 48.7 Å². The van der Waals surface area contributed by atoms with Crippen LogP contribution in [0.1, 0.15) is 84.1 Å². The molecule has 5 amide bonds.